The second-order valence-corrected chi connectivity index (χ2v) is 4.59. The van der Waals surface area contributed by atoms with E-state index in [1.54, 1.807) is 25.6 Å². The van der Waals surface area contributed by atoms with Gasteiger partial charge in [0.1, 0.15) is 0 Å². The fourth-order valence-corrected chi connectivity index (χ4v) is 2.43. The molecule has 2 rings (SSSR count). The second-order valence-electron chi connectivity index (χ2n) is 3.61. The molecule has 5 heteroatoms. The predicted molar refractivity (Wildman–Crippen MR) is 77.1 cm³/mol. The lowest BCUT2D eigenvalue weighted by molar-refractivity contribution is 0.354. The van der Waals surface area contributed by atoms with Crippen molar-refractivity contribution in [1.82, 2.24) is 0 Å². The highest BCUT2D eigenvalue weighted by Gasteiger charge is 2.12. The Labute approximate surface area is 117 Å². The van der Waals surface area contributed by atoms with Gasteiger partial charge in [0.05, 0.1) is 20.3 Å². The molecule has 18 heavy (non-hydrogen) atoms. The van der Waals surface area contributed by atoms with E-state index in [-0.39, 0.29) is 18.4 Å². The Kier molecular flexibility index (Phi) is 5.47. The minimum absolute atomic E-state index is 0. The van der Waals surface area contributed by atoms with Crippen LogP contribution in [0.4, 0.5) is 0 Å². The number of ether oxygens (including phenoxy) is 2. The van der Waals surface area contributed by atoms with E-state index in [4.69, 9.17) is 15.2 Å². The Hall–Kier alpha value is -1.23. The van der Waals surface area contributed by atoms with Gasteiger partial charge in [-0.2, -0.15) is 0 Å². The fraction of sp³-hybridized carbons (Fsp3) is 0.231. The summed E-state index contributed by atoms with van der Waals surface area (Å²) in [6.45, 7) is 0. The molecule has 1 atom stereocenters. The van der Waals surface area contributed by atoms with E-state index < -0.39 is 0 Å². The Morgan fingerprint density at radius 1 is 1.11 bits per heavy atom. The van der Waals surface area contributed by atoms with Crippen molar-refractivity contribution in [3.05, 3.63) is 46.2 Å². The molecule has 0 unspecified atom stereocenters. The summed E-state index contributed by atoms with van der Waals surface area (Å²) in [5.74, 6) is 1.42. The molecule has 0 aliphatic rings. The van der Waals surface area contributed by atoms with E-state index >= 15 is 0 Å². The van der Waals surface area contributed by atoms with Crippen LogP contribution in [0.3, 0.4) is 0 Å². The summed E-state index contributed by atoms with van der Waals surface area (Å²) in [6.07, 6.45) is 0. The molecule has 0 spiro atoms. The van der Waals surface area contributed by atoms with Gasteiger partial charge in [0.25, 0.3) is 0 Å². The Morgan fingerprint density at radius 2 is 1.83 bits per heavy atom. The van der Waals surface area contributed by atoms with Crippen LogP contribution in [0, 0.1) is 0 Å². The lowest BCUT2D eigenvalue weighted by atomic mass is 10.1. The molecule has 0 saturated carbocycles. The minimum Gasteiger partial charge on any atom is -0.493 e. The first-order valence-corrected chi connectivity index (χ1v) is 6.15. The number of rotatable bonds is 4. The summed E-state index contributed by atoms with van der Waals surface area (Å²) >= 11 is 1.65. The zero-order valence-corrected chi connectivity index (χ0v) is 11.9. The van der Waals surface area contributed by atoms with Crippen LogP contribution in [-0.2, 0) is 0 Å². The maximum atomic E-state index is 6.19. The summed E-state index contributed by atoms with van der Waals surface area (Å²) < 4.78 is 10.5. The van der Waals surface area contributed by atoms with Gasteiger partial charge in [-0.25, -0.2) is 0 Å². The van der Waals surface area contributed by atoms with Crippen LogP contribution in [0.25, 0.3) is 0 Å². The van der Waals surface area contributed by atoms with E-state index in [0.717, 1.165) is 16.2 Å². The molecule has 0 fully saturated rings. The average Bonchev–Trinajstić information content (AvgIpc) is 2.90. The van der Waals surface area contributed by atoms with Crippen molar-refractivity contribution in [3.8, 4) is 11.5 Å². The number of methoxy groups -OCH3 is 2. The molecule has 2 N–H and O–H groups in total. The SMILES string of the molecule is COc1ccc([C@@H](N)c2cccs2)cc1OC.Cl. The van der Waals surface area contributed by atoms with Crippen molar-refractivity contribution in [2.45, 2.75) is 6.04 Å². The van der Waals surface area contributed by atoms with E-state index in [0.29, 0.717) is 5.75 Å². The molecular formula is C13H16ClNO2S. The highest BCUT2D eigenvalue weighted by atomic mass is 35.5. The van der Waals surface area contributed by atoms with E-state index in [1.807, 2.05) is 35.7 Å². The zero-order chi connectivity index (χ0) is 12.3. The van der Waals surface area contributed by atoms with Crippen LogP contribution in [0.15, 0.2) is 35.7 Å². The van der Waals surface area contributed by atoms with Gasteiger partial charge in [-0.1, -0.05) is 12.1 Å². The summed E-state index contributed by atoms with van der Waals surface area (Å²) in [5.41, 5.74) is 7.21. The van der Waals surface area contributed by atoms with Gasteiger partial charge < -0.3 is 15.2 Å². The van der Waals surface area contributed by atoms with Crippen LogP contribution in [0.1, 0.15) is 16.5 Å². The van der Waals surface area contributed by atoms with Gasteiger partial charge >= 0.3 is 0 Å². The first-order valence-electron chi connectivity index (χ1n) is 5.27. The molecule has 1 aromatic carbocycles. The van der Waals surface area contributed by atoms with Gasteiger partial charge in [0.15, 0.2) is 11.5 Å². The van der Waals surface area contributed by atoms with Gasteiger partial charge in [-0.15, -0.1) is 23.7 Å². The molecule has 1 heterocycles. The Bertz CT molecular complexity index is 488. The van der Waals surface area contributed by atoms with Crippen LogP contribution >= 0.6 is 23.7 Å². The van der Waals surface area contributed by atoms with E-state index in [1.165, 1.54) is 0 Å². The third-order valence-electron chi connectivity index (χ3n) is 2.62. The molecule has 0 aliphatic carbocycles. The van der Waals surface area contributed by atoms with Gasteiger partial charge in [-0.05, 0) is 29.1 Å². The summed E-state index contributed by atoms with van der Waals surface area (Å²) in [6, 6.07) is 9.68. The number of halogens is 1. The Morgan fingerprint density at radius 3 is 2.39 bits per heavy atom. The van der Waals surface area contributed by atoms with Gasteiger partial charge in [0.2, 0.25) is 0 Å². The van der Waals surface area contributed by atoms with Gasteiger partial charge in [0, 0.05) is 4.88 Å². The molecule has 1 aromatic heterocycles. The van der Waals surface area contributed by atoms with Crippen molar-refractivity contribution in [3.63, 3.8) is 0 Å². The topological polar surface area (TPSA) is 44.5 Å². The lowest BCUT2D eigenvalue weighted by Gasteiger charge is -2.13. The highest BCUT2D eigenvalue weighted by molar-refractivity contribution is 7.10. The normalized spacial score (nSPS) is 11.5. The zero-order valence-electron chi connectivity index (χ0n) is 10.3. The molecule has 0 radical (unpaired) electrons. The molecule has 98 valence electrons. The third-order valence-corrected chi connectivity index (χ3v) is 3.57. The smallest absolute Gasteiger partial charge is 0.161 e. The van der Waals surface area contributed by atoms with E-state index in [2.05, 4.69) is 0 Å². The second kappa shape index (κ2) is 6.64. The average molecular weight is 286 g/mol. The number of hydrogen-bond donors (Lipinski definition) is 1. The monoisotopic (exact) mass is 285 g/mol. The van der Waals surface area contributed by atoms with Crippen LogP contribution in [-0.4, -0.2) is 14.2 Å². The van der Waals surface area contributed by atoms with Crippen molar-refractivity contribution < 1.29 is 9.47 Å². The van der Waals surface area contributed by atoms with Crippen molar-refractivity contribution in [2.24, 2.45) is 5.73 Å². The third kappa shape index (κ3) is 2.96. The van der Waals surface area contributed by atoms with Crippen molar-refractivity contribution in [2.75, 3.05) is 14.2 Å². The molecule has 3 nitrogen and oxygen atoms in total. The lowest BCUT2D eigenvalue weighted by Crippen LogP contribution is -2.10. The molecule has 0 aliphatic heterocycles. The van der Waals surface area contributed by atoms with Crippen molar-refractivity contribution in [1.29, 1.82) is 0 Å². The maximum Gasteiger partial charge on any atom is 0.161 e. The quantitative estimate of drug-likeness (QED) is 0.938. The first kappa shape index (κ1) is 14.8. The number of thiophene rings is 1. The fourth-order valence-electron chi connectivity index (χ4n) is 1.68. The molecule has 0 amide bonds. The highest BCUT2D eigenvalue weighted by Crippen LogP contribution is 2.32. The van der Waals surface area contributed by atoms with E-state index in [9.17, 15) is 0 Å². The number of benzene rings is 1. The van der Waals surface area contributed by atoms with Gasteiger partial charge in [-0.3, -0.25) is 0 Å². The summed E-state index contributed by atoms with van der Waals surface area (Å²) in [5, 5.41) is 2.02. The Balaban J connectivity index is 0.00000162. The predicted octanol–water partition coefficient (Wildman–Crippen LogP) is 3.24. The molecule has 2 aromatic rings. The van der Waals surface area contributed by atoms with Crippen LogP contribution in [0.2, 0.25) is 0 Å². The molecule has 0 bridgehead atoms. The van der Waals surface area contributed by atoms with Crippen LogP contribution < -0.4 is 15.2 Å². The maximum absolute atomic E-state index is 6.19. The summed E-state index contributed by atoms with van der Waals surface area (Å²) in [7, 11) is 3.25. The standard InChI is InChI=1S/C13H15NO2S.ClH/c1-15-10-6-5-9(8-11(10)16-2)13(14)12-4-3-7-17-12;/h3-8,13H,14H2,1-2H3;1H/t13-;/m1./s1. The number of nitrogens with two attached hydrogens (primary N) is 1. The van der Waals surface area contributed by atoms with Crippen LogP contribution in [0.5, 0.6) is 11.5 Å². The molecular weight excluding hydrogens is 270 g/mol. The molecule has 0 saturated heterocycles. The largest absolute Gasteiger partial charge is 0.493 e. The minimum atomic E-state index is -0.116. The summed E-state index contributed by atoms with van der Waals surface area (Å²) in [4.78, 5) is 1.14. The number of hydrogen-bond acceptors (Lipinski definition) is 4. The first-order chi connectivity index (χ1) is 8.26. The van der Waals surface area contributed by atoms with Crippen molar-refractivity contribution >= 4 is 23.7 Å².